The van der Waals surface area contributed by atoms with Crippen molar-refractivity contribution in [3.05, 3.63) is 11.7 Å². The summed E-state index contributed by atoms with van der Waals surface area (Å²) in [6.45, 7) is 9.65. The Morgan fingerprint density at radius 3 is 2.38 bits per heavy atom. The Morgan fingerprint density at radius 1 is 1.14 bits per heavy atom. The molecule has 0 radical (unpaired) electrons. The number of ether oxygens (including phenoxy) is 2. The van der Waals surface area contributed by atoms with E-state index in [1.807, 2.05) is 32.6 Å². The molecule has 162 valence electrons. The van der Waals surface area contributed by atoms with Crippen molar-refractivity contribution in [1.29, 1.82) is 0 Å². The number of anilines is 2. The van der Waals surface area contributed by atoms with Gasteiger partial charge in [0.1, 0.15) is 5.82 Å². The number of amides is 2. The highest BCUT2D eigenvalue weighted by atomic mass is 16.6. The standard InChI is InChI=1S/C19H31N5O5/c1-13(2)11-28-18(25)21-16-10-15(23-8-6-5-7-9-23)20-17(24(16)27)22-19(26)29-12-14(3)4/h10,13-14,27H,5-9,11-12H2,1-4H3,(H,21,25). The van der Waals surface area contributed by atoms with E-state index < -0.39 is 12.2 Å². The van der Waals surface area contributed by atoms with Gasteiger partial charge in [-0.05, 0) is 31.1 Å². The Kier molecular flexibility index (Phi) is 8.29. The highest BCUT2D eigenvalue weighted by molar-refractivity contribution is 5.83. The first-order valence-corrected chi connectivity index (χ1v) is 9.99. The fraction of sp³-hybridized carbons (Fsp3) is 0.684. The van der Waals surface area contributed by atoms with E-state index in [1.54, 1.807) is 0 Å². The molecule has 2 amide bonds. The second kappa shape index (κ2) is 10.7. The molecule has 1 saturated heterocycles. The van der Waals surface area contributed by atoms with Crippen LogP contribution in [0.25, 0.3) is 0 Å². The molecule has 29 heavy (non-hydrogen) atoms. The SMILES string of the molecule is CC(C)COC(=O)N=c1nc(N2CCCCC2)cc(NC(=O)OCC(C)C)n1O. The summed E-state index contributed by atoms with van der Waals surface area (Å²) < 4.78 is 10.7. The van der Waals surface area contributed by atoms with E-state index in [-0.39, 0.29) is 36.5 Å². The Bertz CT molecular complexity index is 769. The molecule has 0 aliphatic carbocycles. The van der Waals surface area contributed by atoms with Crippen LogP contribution in [0.1, 0.15) is 47.0 Å². The molecule has 0 saturated carbocycles. The molecule has 1 aliphatic heterocycles. The van der Waals surface area contributed by atoms with Crippen molar-refractivity contribution in [2.75, 3.05) is 36.5 Å². The molecule has 10 nitrogen and oxygen atoms in total. The van der Waals surface area contributed by atoms with Crippen LogP contribution < -0.4 is 15.8 Å². The molecule has 2 heterocycles. The number of hydrogen-bond donors (Lipinski definition) is 2. The van der Waals surface area contributed by atoms with Crippen molar-refractivity contribution in [3.8, 4) is 0 Å². The lowest BCUT2D eigenvalue weighted by Crippen LogP contribution is -2.35. The van der Waals surface area contributed by atoms with Crippen molar-refractivity contribution in [1.82, 2.24) is 9.71 Å². The lowest BCUT2D eigenvalue weighted by molar-refractivity contribution is 0.136. The molecule has 1 aliphatic rings. The molecular formula is C19H31N5O5. The predicted molar refractivity (Wildman–Crippen MR) is 107 cm³/mol. The van der Waals surface area contributed by atoms with Crippen LogP contribution in [0.15, 0.2) is 11.1 Å². The number of nitrogens with zero attached hydrogens (tertiary/aromatic N) is 4. The Balaban J connectivity index is 2.32. The zero-order chi connectivity index (χ0) is 21.4. The van der Waals surface area contributed by atoms with Crippen molar-refractivity contribution >= 4 is 23.8 Å². The average molecular weight is 409 g/mol. The summed E-state index contributed by atoms with van der Waals surface area (Å²) in [6.07, 6.45) is 1.58. The number of piperidine rings is 1. The van der Waals surface area contributed by atoms with E-state index in [1.165, 1.54) is 6.07 Å². The van der Waals surface area contributed by atoms with Crippen LogP contribution in [0.5, 0.6) is 0 Å². The second-order valence-electron chi connectivity index (χ2n) is 7.86. The minimum Gasteiger partial charge on any atom is -0.449 e. The molecule has 1 aromatic rings. The summed E-state index contributed by atoms with van der Waals surface area (Å²) in [5.41, 5.74) is -0.277. The van der Waals surface area contributed by atoms with Gasteiger partial charge in [0.05, 0.1) is 13.2 Å². The zero-order valence-corrected chi connectivity index (χ0v) is 17.6. The average Bonchev–Trinajstić information content (AvgIpc) is 2.68. The minimum absolute atomic E-state index is 0.00439. The Labute approximate surface area is 170 Å². The first-order valence-electron chi connectivity index (χ1n) is 9.99. The third-order valence-electron chi connectivity index (χ3n) is 4.09. The summed E-state index contributed by atoms with van der Waals surface area (Å²) in [7, 11) is 0. The third-order valence-corrected chi connectivity index (χ3v) is 4.09. The fourth-order valence-corrected chi connectivity index (χ4v) is 2.65. The number of carbonyl (C=O) groups is 2. The van der Waals surface area contributed by atoms with Gasteiger partial charge < -0.3 is 19.6 Å². The summed E-state index contributed by atoms with van der Waals surface area (Å²) in [6, 6.07) is 1.53. The molecular weight excluding hydrogens is 378 g/mol. The molecule has 2 N–H and O–H groups in total. The summed E-state index contributed by atoms with van der Waals surface area (Å²) in [4.78, 5) is 34.1. The van der Waals surface area contributed by atoms with Gasteiger partial charge in [-0.2, -0.15) is 4.98 Å². The molecule has 0 bridgehead atoms. The number of aromatic nitrogens is 2. The van der Waals surface area contributed by atoms with Gasteiger partial charge in [0.15, 0.2) is 5.82 Å². The molecule has 10 heteroatoms. The van der Waals surface area contributed by atoms with Crippen molar-refractivity contribution in [2.45, 2.75) is 47.0 Å². The molecule has 0 aromatic carbocycles. The van der Waals surface area contributed by atoms with Gasteiger partial charge >= 0.3 is 12.2 Å². The molecule has 0 spiro atoms. The van der Waals surface area contributed by atoms with Crippen LogP contribution in [0.4, 0.5) is 21.2 Å². The number of hydrogen-bond acceptors (Lipinski definition) is 7. The zero-order valence-electron chi connectivity index (χ0n) is 17.6. The second-order valence-corrected chi connectivity index (χ2v) is 7.86. The molecule has 1 fully saturated rings. The monoisotopic (exact) mass is 409 g/mol. The van der Waals surface area contributed by atoms with Gasteiger partial charge in [0.25, 0.3) is 5.62 Å². The maximum atomic E-state index is 12.1. The van der Waals surface area contributed by atoms with Gasteiger partial charge in [-0.25, -0.2) is 9.59 Å². The van der Waals surface area contributed by atoms with Gasteiger partial charge in [-0.3, -0.25) is 5.32 Å². The molecule has 2 rings (SSSR count). The largest absolute Gasteiger partial charge is 0.449 e. The lowest BCUT2D eigenvalue weighted by atomic mass is 10.1. The number of rotatable bonds is 6. The van der Waals surface area contributed by atoms with Gasteiger partial charge in [-0.15, -0.1) is 9.72 Å². The highest BCUT2D eigenvalue weighted by Crippen LogP contribution is 2.19. The summed E-state index contributed by atoms with van der Waals surface area (Å²) in [5, 5.41) is 12.9. The summed E-state index contributed by atoms with van der Waals surface area (Å²) >= 11 is 0. The van der Waals surface area contributed by atoms with E-state index in [0.29, 0.717) is 10.5 Å². The van der Waals surface area contributed by atoms with Crippen LogP contribution in [0, 0.1) is 11.8 Å². The highest BCUT2D eigenvalue weighted by Gasteiger charge is 2.18. The molecule has 0 atom stereocenters. The first kappa shape index (κ1) is 22.5. The minimum atomic E-state index is -0.863. The third kappa shape index (κ3) is 7.28. The van der Waals surface area contributed by atoms with Gasteiger partial charge in [0, 0.05) is 19.2 Å². The van der Waals surface area contributed by atoms with E-state index in [9.17, 15) is 14.8 Å². The van der Waals surface area contributed by atoms with Crippen LogP contribution in [0.3, 0.4) is 0 Å². The lowest BCUT2D eigenvalue weighted by Gasteiger charge is -2.28. The fourth-order valence-electron chi connectivity index (χ4n) is 2.65. The van der Waals surface area contributed by atoms with E-state index in [4.69, 9.17) is 9.47 Å². The number of carbonyl (C=O) groups excluding carboxylic acids is 2. The Morgan fingerprint density at radius 2 is 1.76 bits per heavy atom. The van der Waals surface area contributed by atoms with Crippen LogP contribution in [-0.2, 0) is 9.47 Å². The van der Waals surface area contributed by atoms with Crippen LogP contribution in [0.2, 0.25) is 0 Å². The first-order chi connectivity index (χ1) is 13.8. The maximum Gasteiger partial charge on any atom is 0.437 e. The van der Waals surface area contributed by atoms with E-state index >= 15 is 0 Å². The quantitative estimate of drug-likeness (QED) is 0.693. The van der Waals surface area contributed by atoms with Gasteiger partial charge in [0.2, 0.25) is 0 Å². The normalized spacial score (nSPS) is 15.0. The van der Waals surface area contributed by atoms with E-state index in [0.717, 1.165) is 32.4 Å². The topological polar surface area (TPSA) is 118 Å². The molecule has 1 aromatic heterocycles. The van der Waals surface area contributed by atoms with Crippen LogP contribution >= 0.6 is 0 Å². The predicted octanol–water partition coefficient (Wildman–Crippen LogP) is 3.01. The van der Waals surface area contributed by atoms with Crippen molar-refractivity contribution < 1.29 is 24.3 Å². The van der Waals surface area contributed by atoms with Crippen molar-refractivity contribution in [2.24, 2.45) is 16.8 Å². The number of nitrogens with one attached hydrogen (secondary N) is 1. The van der Waals surface area contributed by atoms with Gasteiger partial charge in [-0.1, -0.05) is 27.7 Å². The van der Waals surface area contributed by atoms with Crippen molar-refractivity contribution in [3.63, 3.8) is 0 Å². The van der Waals surface area contributed by atoms with E-state index in [2.05, 4.69) is 15.3 Å². The molecule has 0 unspecified atom stereocenters. The summed E-state index contributed by atoms with van der Waals surface area (Å²) in [5.74, 6) is 0.829. The smallest absolute Gasteiger partial charge is 0.437 e. The Hall–Kier alpha value is -2.78. The van der Waals surface area contributed by atoms with Crippen LogP contribution in [-0.4, -0.2) is 53.4 Å². The maximum absolute atomic E-state index is 12.1.